The lowest BCUT2D eigenvalue weighted by Gasteiger charge is -2.21. The van der Waals surface area contributed by atoms with Crippen LogP contribution in [0.15, 0.2) is 42.5 Å². The summed E-state index contributed by atoms with van der Waals surface area (Å²) in [5.74, 6) is -0.742. The van der Waals surface area contributed by atoms with Crippen LogP contribution in [0.2, 0.25) is 0 Å². The van der Waals surface area contributed by atoms with Crippen LogP contribution < -0.4 is 4.90 Å². The van der Waals surface area contributed by atoms with Crippen molar-refractivity contribution in [3.8, 4) is 0 Å². The molecule has 1 aromatic heterocycles. The van der Waals surface area contributed by atoms with Gasteiger partial charge in [-0.1, -0.05) is 17.4 Å². The van der Waals surface area contributed by atoms with Crippen molar-refractivity contribution in [3.63, 3.8) is 0 Å². The van der Waals surface area contributed by atoms with Gasteiger partial charge in [0.1, 0.15) is 5.82 Å². The van der Waals surface area contributed by atoms with Crippen LogP contribution in [0.25, 0.3) is 10.2 Å². The Morgan fingerprint density at radius 2 is 1.97 bits per heavy atom. The van der Waals surface area contributed by atoms with E-state index in [1.165, 1.54) is 46.6 Å². The number of hydrogen-bond acceptors (Lipinski definition) is 6. The summed E-state index contributed by atoms with van der Waals surface area (Å²) in [5.41, 5.74) is 0.667. The molecule has 7 nitrogen and oxygen atoms in total. The van der Waals surface area contributed by atoms with E-state index in [2.05, 4.69) is 4.98 Å². The molecule has 0 bridgehead atoms. The zero-order valence-corrected chi connectivity index (χ0v) is 17.5. The number of carbonyl (C=O) groups is 1. The number of nitro groups is 1. The number of nitro benzene ring substituents is 1. The molecule has 0 aliphatic rings. The Kier molecular flexibility index (Phi) is 7.60. The number of thiazole rings is 1. The van der Waals surface area contributed by atoms with Crippen LogP contribution >= 0.6 is 23.7 Å². The Labute approximate surface area is 177 Å². The van der Waals surface area contributed by atoms with Gasteiger partial charge in [0.25, 0.3) is 11.6 Å². The van der Waals surface area contributed by atoms with E-state index < -0.39 is 4.92 Å². The predicted molar refractivity (Wildman–Crippen MR) is 115 cm³/mol. The quantitative estimate of drug-likeness (QED) is 0.404. The number of anilines is 1. The summed E-state index contributed by atoms with van der Waals surface area (Å²) < 4.78 is 14.1. The number of fused-ring (bicyclic) bond motifs is 1. The summed E-state index contributed by atoms with van der Waals surface area (Å²) in [6, 6.07) is 9.90. The van der Waals surface area contributed by atoms with Crippen LogP contribution in [0.1, 0.15) is 16.8 Å². The Morgan fingerprint density at radius 1 is 1.21 bits per heavy atom. The van der Waals surface area contributed by atoms with E-state index in [4.69, 9.17) is 0 Å². The van der Waals surface area contributed by atoms with Gasteiger partial charge >= 0.3 is 0 Å². The lowest BCUT2D eigenvalue weighted by molar-refractivity contribution is -0.384. The summed E-state index contributed by atoms with van der Waals surface area (Å²) in [5, 5.41) is 11.5. The van der Waals surface area contributed by atoms with Gasteiger partial charge in [0.15, 0.2) is 5.13 Å². The highest BCUT2D eigenvalue weighted by Crippen LogP contribution is 2.30. The second kappa shape index (κ2) is 9.73. The van der Waals surface area contributed by atoms with E-state index in [0.29, 0.717) is 28.3 Å². The van der Waals surface area contributed by atoms with Gasteiger partial charge in [0.2, 0.25) is 0 Å². The molecule has 0 saturated heterocycles. The molecule has 3 rings (SSSR count). The second-order valence-electron chi connectivity index (χ2n) is 6.53. The normalized spacial score (nSPS) is 10.8. The Bertz CT molecular complexity index is 1030. The topological polar surface area (TPSA) is 79.6 Å². The van der Waals surface area contributed by atoms with Crippen molar-refractivity contribution in [2.24, 2.45) is 0 Å². The molecule has 0 fully saturated rings. The van der Waals surface area contributed by atoms with Crippen molar-refractivity contribution in [1.82, 2.24) is 9.88 Å². The third-order valence-corrected chi connectivity index (χ3v) is 5.15. The highest BCUT2D eigenvalue weighted by Gasteiger charge is 2.22. The minimum Gasteiger partial charge on any atom is -0.309 e. The Morgan fingerprint density at radius 3 is 2.66 bits per heavy atom. The van der Waals surface area contributed by atoms with E-state index in [0.717, 1.165) is 6.54 Å². The maximum atomic E-state index is 13.5. The van der Waals surface area contributed by atoms with Crippen LogP contribution in [0.4, 0.5) is 15.2 Å². The number of carbonyl (C=O) groups excluding carboxylic acids is 1. The van der Waals surface area contributed by atoms with E-state index in [-0.39, 0.29) is 35.4 Å². The lowest BCUT2D eigenvalue weighted by atomic mass is 10.1. The molecule has 1 heterocycles. The van der Waals surface area contributed by atoms with Gasteiger partial charge in [-0.3, -0.25) is 19.8 Å². The minimum atomic E-state index is -0.534. The van der Waals surface area contributed by atoms with E-state index in [9.17, 15) is 19.3 Å². The molecule has 0 atom stereocenters. The van der Waals surface area contributed by atoms with Crippen LogP contribution in [0, 0.1) is 15.9 Å². The smallest absolute Gasteiger partial charge is 0.270 e. The van der Waals surface area contributed by atoms with Gasteiger partial charge in [0.05, 0.1) is 15.1 Å². The van der Waals surface area contributed by atoms with Gasteiger partial charge in [-0.05, 0) is 51.3 Å². The molecular formula is C19H20ClFN4O3S. The Balaban J connectivity index is 0.00000300. The molecule has 0 radical (unpaired) electrons. The fourth-order valence-electron chi connectivity index (χ4n) is 2.74. The third-order valence-electron chi connectivity index (χ3n) is 4.11. The first-order valence-corrected chi connectivity index (χ1v) is 9.44. The summed E-state index contributed by atoms with van der Waals surface area (Å²) in [4.78, 5) is 31.6. The average molecular weight is 439 g/mol. The van der Waals surface area contributed by atoms with Crippen molar-refractivity contribution in [2.45, 2.75) is 6.42 Å². The minimum absolute atomic E-state index is 0. The SMILES string of the molecule is CN(C)CCCN(C(=O)c1cccc([N+](=O)[O-])c1)c1nc2ccc(F)cc2s1.Cl. The summed E-state index contributed by atoms with van der Waals surface area (Å²) in [6.45, 7) is 1.15. The molecule has 10 heteroatoms. The maximum Gasteiger partial charge on any atom is 0.270 e. The van der Waals surface area contributed by atoms with Crippen molar-refractivity contribution in [1.29, 1.82) is 0 Å². The van der Waals surface area contributed by atoms with Crippen LogP contribution in [0.5, 0.6) is 0 Å². The van der Waals surface area contributed by atoms with Gasteiger partial charge in [-0.15, -0.1) is 12.4 Å². The van der Waals surface area contributed by atoms with E-state index in [1.54, 1.807) is 12.1 Å². The van der Waals surface area contributed by atoms with Gasteiger partial charge in [-0.25, -0.2) is 9.37 Å². The number of amides is 1. The number of hydrogen-bond donors (Lipinski definition) is 0. The molecule has 29 heavy (non-hydrogen) atoms. The maximum absolute atomic E-state index is 13.5. The van der Waals surface area contributed by atoms with Gasteiger partial charge < -0.3 is 4.90 Å². The lowest BCUT2D eigenvalue weighted by Crippen LogP contribution is -2.33. The Hall–Kier alpha value is -2.62. The highest BCUT2D eigenvalue weighted by atomic mass is 35.5. The molecule has 154 valence electrons. The van der Waals surface area contributed by atoms with Crippen molar-refractivity contribution < 1.29 is 14.1 Å². The molecule has 0 N–H and O–H groups in total. The highest BCUT2D eigenvalue weighted by molar-refractivity contribution is 7.22. The first-order valence-electron chi connectivity index (χ1n) is 8.62. The first kappa shape index (κ1) is 22.7. The monoisotopic (exact) mass is 438 g/mol. The molecule has 0 aliphatic heterocycles. The van der Waals surface area contributed by atoms with E-state index >= 15 is 0 Å². The fraction of sp³-hybridized carbons (Fsp3) is 0.263. The molecule has 0 aliphatic carbocycles. The van der Waals surface area contributed by atoms with Crippen LogP contribution in [-0.2, 0) is 0 Å². The molecular weight excluding hydrogens is 419 g/mol. The number of benzene rings is 2. The zero-order chi connectivity index (χ0) is 20.3. The summed E-state index contributed by atoms with van der Waals surface area (Å²) in [6.07, 6.45) is 0.692. The number of aromatic nitrogens is 1. The molecule has 2 aromatic carbocycles. The zero-order valence-electron chi connectivity index (χ0n) is 15.9. The molecule has 1 amide bonds. The predicted octanol–water partition coefficient (Wildman–Crippen LogP) is 4.36. The standard InChI is InChI=1S/C19H19FN4O3S.ClH/c1-22(2)9-4-10-23(18(25)13-5-3-6-15(11-13)24(26)27)19-21-16-8-7-14(20)12-17(16)28-19;/h3,5-8,11-12H,4,9-10H2,1-2H3;1H. The third kappa shape index (κ3) is 5.47. The molecule has 3 aromatic rings. The van der Waals surface area contributed by atoms with Gasteiger partial charge in [-0.2, -0.15) is 0 Å². The number of non-ortho nitro benzene ring substituents is 1. The number of nitrogens with zero attached hydrogens (tertiary/aromatic N) is 4. The summed E-state index contributed by atoms with van der Waals surface area (Å²) >= 11 is 1.22. The molecule has 0 spiro atoms. The molecule has 0 unspecified atom stereocenters. The van der Waals surface area contributed by atoms with Crippen molar-refractivity contribution in [2.75, 3.05) is 32.1 Å². The van der Waals surface area contributed by atoms with Crippen LogP contribution in [0.3, 0.4) is 0 Å². The average Bonchev–Trinajstić information content (AvgIpc) is 3.07. The number of rotatable bonds is 7. The van der Waals surface area contributed by atoms with E-state index in [1.807, 2.05) is 19.0 Å². The second-order valence-corrected chi connectivity index (χ2v) is 7.54. The van der Waals surface area contributed by atoms with Crippen molar-refractivity contribution in [3.05, 3.63) is 64.0 Å². The first-order chi connectivity index (χ1) is 13.3. The largest absolute Gasteiger partial charge is 0.309 e. The summed E-state index contributed by atoms with van der Waals surface area (Å²) in [7, 11) is 3.88. The fourth-order valence-corrected chi connectivity index (χ4v) is 3.75. The van der Waals surface area contributed by atoms with Crippen LogP contribution in [-0.4, -0.2) is 47.9 Å². The van der Waals surface area contributed by atoms with Crippen molar-refractivity contribution >= 4 is 50.7 Å². The number of halogens is 2. The van der Waals surface area contributed by atoms with Gasteiger partial charge in [0, 0.05) is 24.2 Å². The molecule has 0 saturated carbocycles.